The number of thiazole rings is 1. The minimum absolute atomic E-state index is 0.212. The molecule has 0 saturated carbocycles. The van der Waals surface area contributed by atoms with E-state index in [0.717, 1.165) is 55.2 Å². The first-order valence-corrected chi connectivity index (χ1v) is 9.04. The Kier molecular flexibility index (Phi) is 6.64. The van der Waals surface area contributed by atoms with Gasteiger partial charge in [-0.25, -0.2) is 9.78 Å². The van der Waals surface area contributed by atoms with Crippen molar-refractivity contribution in [3.63, 3.8) is 0 Å². The summed E-state index contributed by atoms with van der Waals surface area (Å²) in [5.41, 5.74) is -0.434. The van der Waals surface area contributed by atoms with Crippen molar-refractivity contribution in [2.45, 2.75) is 32.9 Å². The monoisotopic (exact) mass is 360 g/mol. The first kappa shape index (κ1) is 18.4. The molecular weight excluding hydrogens is 336 g/mol. The highest BCUT2D eigenvalue weighted by Crippen LogP contribution is 2.17. The average Bonchev–Trinajstić information content (AvgIpc) is 2.88. The van der Waals surface area contributed by atoms with E-state index >= 15 is 0 Å². The molecule has 0 spiro atoms. The summed E-state index contributed by atoms with van der Waals surface area (Å²) in [7, 11) is 0. The molecule has 1 aromatic heterocycles. The smallest absolute Gasteiger partial charge is 0.410 e. The molecule has 23 heavy (non-hydrogen) atoms. The van der Waals surface area contributed by atoms with Crippen molar-refractivity contribution in [1.29, 1.82) is 0 Å². The lowest BCUT2D eigenvalue weighted by atomic mass is 10.2. The van der Waals surface area contributed by atoms with Crippen LogP contribution in [0.15, 0.2) is 6.20 Å². The van der Waals surface area contributed by atoms with Crippen molar-refractivity contribution in [2.24, 2.45) is 0 Å². The van der Waals surface area contributed by atoms with Gasteiger partial charge in [0.2, 0.25) is 0 Å². The van der Waals surface area contributed by atoms with Gasteiger partial charge in [0.1, 0.15) is 14.9 Å². The van der Waals surface area contributed by atoms with Gasteiger partial charge in [-0.2, -0.15) is 0 Å². The van der Waals surface area contributed by atoms with Crippen molar-refractivity contribution in [3.8, 4) is 0 Å². The van der Waals surface area contributed by atoms with Gasteiger partial charge < -0.3 is 15.0 Å². The number of carbonyl (C=O) groups excluding carboxylic acids is 1. The van der Waals surface area contributed by atoms with Crippen LogP contribution in [0.2, 0.25) is 4.34 Å². The number of aromatic nitrogens is 1. The molecule has 2 heterocycles. The molecule has 1 amide bonds. The van der Waals surface area contributed by atoms with E-state index in [-0.39, 0.29) is 6.09 Å². The molecule has 1 saturated heterocycles. The topological polar surface area (TPSA) is 57.7 Å². The van der Waals surface area contributed by atoms with E-state index in [9.17, 15) is 4.79 Å². The van der Waals surface area contributed by atoms with Crippen molar-refractivity contribution in [2.75, 3.05) is 39.3 Å². The fourth-order valence-corrected chi connectivity index (χ4v) is 3.21. The zero-order valence-electron chi connectivity index (χ0n) is 14.0. The third kappa shape index (κ3) is 6.63. The number of hydrogen-bond acceptors (Lipinski definition) is 6. The number of carbonyl (C=O) groups is 1. The molecule has 1 aliphatic rings. The lowest BCUT2D eigenvalue weighted by Gasteiger charge is -2.35. The number of nitrogens with zero attached hydrogens (tertiary/aromatic N) is 3. The van der Waals surface area contributed by atoms with E-state index in [0.29, 0.717) is 0 Å². The molecule has 1 fully saturated rings. The standard InChI is InChI=1S/C15H25ClN4O2S/c1-15(2,3)22-14(21)20-8-6-19(7-9-20)5-4-17-11-13-18-10-12(16)23-13/h10,17H,4-9,11H2,1-3H3. The molecule has 0 unspecified atom stereocenters. The number of halogens is 1. The van der Waals surface area contributed by atoms with Gasteiger partial charge in [0, 0.05) is 45.8 Å². The normalized spacial score (nSPS) is 16.6. The van der Waals surface area contributed by atoms with Crippen molar-refractivity contribution < 1.29 is 9.53 Å². The molecule has 0 aliphatic carbocycles. The Balaban J connectivity index is 1.60. The van der Waals surface area contributed by atoms with Crippen LogP contribution in [0.1, 0.15) is 25.8 Å². The quantitative estimate of drug-likeness (QED) is 0.817. The van der Waals surface area contributed by atoms with Crippen LogP contribution in [-0.2, 0) is 11.3 Å². The van der Waals surface area contributed by atoms with Crippen LogP contribution in [0.25, 0.3) is 0 Å². The van der Waals surface area contributed by atoms with Gasteiger partial charge in [0.05, 0.1) is 6.20 Å². The van der Waals surface area contributed by atoms with Gasteiger partial charge in [-0.3, -0.25) is 4.90 Å². The molecule has 0 radical (unpaired) electrons. The Hall–Kier alpha value is -0.890. The maximum atomic E-state index is 12.0. The van der Waals surface area contributed by atoms with E-state index in [2.05, 4.69) is 15.2 Å². The highest BCUT2D eigenvalue weighted by molar-refractivity contribution is 7.15. The number of piperazine rings is 1. The Bertz CT molecular complexity index is 510. The lowest BCUT2D eigenvalue weighted by molar-refractivity contribution is 0.0146. The summed E-state index contributed by atoms with van der Waals surface area (Å²) in [6.45, 7) is 11.5. The van der Waals surface area contributed by atoms with Crippen LogP contribution >= 0.6 is 22.9 Å². The molecule has 0 bridgehead atoms. The third-order valence-corrected chi connectivity index (χ3v) is 4.55. The second kappa shape index (κ2) is 8.28. The largest absolute Gasteiger partial charge is 0.444 e. The average molecular weight is 361 g/mol. The molecule has 1 N–H and O–H groups in total. The van der Waals surface area contributed by atoms with Crippen molar-refractivity contribution in [3.05, 3.63) is 15.5 Å². The third-order valence-electron chi connectivity index (χ3n) is 3.43. The van der Waals surface area contributed by atoms with E-state index in [1.807, 2.05) is 20.8 Å². The van der Waals surface area contributed by atoms with Crippen LogP contribution in [-0.4, -0.2) is 65.7 Å². The predicted molar refractivity (Wildman–Crippen MR) is 93.1 cm³/mol. The van der Waals surface area contributed by atoms with Gasteiger partial charge in [-0.05, 0) is 20.8 Å². The summed E-state index contributed by atoms with van der Waals surface area (Å²) >= 11 is 7.35. The maximum absolute atomic E-state index is 12.0. The SMILES string of the molecule is CC(C)(C)OC(=O)N1CCN(CCNCc2ncc(Cl)s2)CC1. The van der Waals surface area contributed by atoms with Gasteiger partial charge in [-0.1, -0.05) is 11.6 Å². The molecule has 8 heteroatoms. The number of rotatable bonds is 5. The molecule has 6 nitrogen and oxygen atoms in total. The lowest BCUT2D eigenvalue weighted by Crippen LogP contribution is -2.51. The minimum atomic E-state index is -0.434. The highest BCUT2D eigenvalue weighted by Gasteiger charge is 2.25. The predicted octanol–water partition coefficient (Wildman–Crippen LogP) is 2.44. The van der Waals surface area contributed by atoms with E-state index < -0.39 is 5.60 Å². The Labute approximate surface area is 146 Å². The van der Waals surface area contributed by atoms with Gasteiger partial charge in [0.15, 0.2) is 0 Å². The van der Waals surface area contributed by atoms with Crippen LogP contribution in [0.4, 0.5) is 4.79 Å². The Morgan fingerprint density at radius 1 is 1.39 bits per heavy atom. The van der Waals surface area contributed by atoms with Crippen LogP contribution in [0.3, 0.4) is 0 Å². The summed E-state index contributed by atoms with van der Waals surface area (Å²) in [6, 6.07) is 0. The summed E-state index contributed by atoms with van der Waals surface area (Å²) in [4.78, 5) is 20.3. The van der Waals surface area contributed by atoms with Crippen LogP contribution in [0, 0.1) is 0 Å². The molecule has 0 aromatic carbocycles. The van der Waals surface area contributed by atoms with Gasteiger partial charge >= 0.3 is 6.09 Å². The second-order valence-electron chi connectivity index (χ2n) is 6.54. The van der Waals surface area contributed by atoms with E-state index in [1.165, 1.54) is 11.3 Å². The van der Waals surface area contributed by atoms with Gasteiger partial charge in [-0.15, -0.1) is 11.3 Å². The van der Waals surface area contributed by atoms with E-state index in [4.69, 9.17) is 16.3 Å². The minimum Gasteiger partial charge on any atom is -0.444 e. The number of nitrogens with one attached hydrogen (secondary N) is 1. The molecular formula is C15H25ClN4O2S. The summed E-state index contributed by atoms with van der Waals surface area (Å²) in [5.74, 6) is 0. The van der Waals surface area contributed by atoms with Crippen molar-refractivity contribution in [1.82, 2.24) is 20.1 Å². The summed E-state index contributed by atoms with van der Waals surface area (Å²) < 4.78 is 6.12. The summed E-state index contributed by atoms with van der Waals surface area (Å²) in [5, 5.41) is 4.37. The zero-order valence-corrected chi connectivity index (χ0v) is 15.5. The molecule has 1 aromatic rings. The van der Waals surface area contributed by atoms with E-state index in [1.54, 1.807) is 11.1 Å². The second-order valence-corrected chi connectivity index (χ2v) is 8.29. The molecule has 2 rings (SSSR count). The fraction of sp³-hybridized carbons (Fsp3) is 0.733. The first-order chi connectivity index (χ1) is 10.8. The van der Waals surface area contributed by atoms with Gasteiger partial charge in [0.25, 0.3) is 0 Å². The first-order valence-electron chi connectivity index (χ1n) is 7.85. The Morgan fingerprint density at radius 3 is 2.65 bits per heavy atom. The van der Waals surface area contributed by atoms with Crippen molar-refractivity contribution >= 4 is 29.0 Å². The Morgan fingerprint density at radius 2 is 2.09 bits per heavy atom. The molecule has 0 atom stereocenters. The molecule has 130 valence electrons. The maximum Gasteiger partial charge on any atom is 0.410 e. The highest BCUT2D eigenvalue weighted by atomic mass is 35.5. The molecule has 1 aliphatic heterocycles. The number of amides is 1. The number of hydrogen-bond donors (Lipinski definition) is 1. The van der Waals surface area contributed by atoms with Crippen LogP contribution < -0.4 is 5.32 Å². The number of ether oxygens (including phenoxy) is 1. The van der Waals surface area contributed by atoms with Crippen LogP contribution in [0.5, 0.6) is 0 Å². The zero-order chi connectivity index (χ0) is 16.9. The summed E-state index contributed by atoms with van der Waals surface area (Å²) in [6.07, 6.45) is 1.47. The fourth-order valence-electron chi connectivity index (χ4n) is 2.28.